The average Bonchev–Trinajstić information content (AvgIpc) is 3.41. The van der Waals surface area contributed by atoms with Crippen molar-refractivity contribution in [2.75, 3.05) is 0 Å². The van der Waals surface area contributed by atoms with Crippen molar-refractivity contribution in [3.05, 3.63) is 59.7 Å². The molecule has 7 nitrogen and oxygen atoms in total. The van der Waals surface area contributed by atoms with Crippen LogP contribution in [0, 0.1) is 11.8 Å². The molecule has 1 saturated carbocycles. The number of carbonyl (C=O) groups is 2. The third-order valence-electron chi connectivity index (χ3n) is 6.17. The highest BCUT2D eigenvalue weighted by Crippen LogP contribution is 2.53. The zero-order chi connectivity index (χ0) is 21.6. The van der Waals surface area contributed by atoms with Crippen molar-refractivity contribution in [3.63, 3.8) is 0 Å². The molecule has 5 N–H and O–H groups in total. The first-order valence-corrected chi connectivity index (χ1v) is 10.1. The Morgan fingerprint density at radius 3 is 2.07 bits per heavy atom. The zero-order valence-corrected chi connectivity index (χ0v) is 16.9. The first kappa shape index (κ1) is 20.4. The number of aliphatic carboxylic acids is 2. The summed E-state index contributed by atoms with van der Waals surface area (Å²) >= 11 is 0. The molecular weight excluding hydrogens is 384 g/mol. The van der Waals surface area contributed by atoms with E-state index in [1.165, 1.54) is 0 Å². The van der Waals surface area contributed by atoms with E-state index < -0.39 is 35.4 Å². The second-order valence-electron chi connectivity index (χ2n) is 8.52. The highest BCUT2D eigenvalue weighted by molar-refractivity contribution is 5.85. The van der Waals surface area contributed by atoms with Gasteiger partial charge in [-0.25, -0.2) is 0 Å². The van der Waals surface area contributed by atoms with Gasteiger partial charge in [0.15, 0.2) is 0 Å². The maximum Gasteiger partial charge on any atom is 0.324 e. The molecule has 158 valence electrons. The molecule has 0 radical (unpaired) electrons. The number of nitrogens with two attached hydrogens (primary N) is 1. The monoisotopic (exact) mass is 410 g/mol. The van der Waals surface area contributed by atoms with Crippen molar-refractivity contribution in [2.45, 2.75) is 43.8 Å². The van der Waals surface area contributed by atoms with Gasteiger partial charge in [-0.15, -0.1) is 0 Å². The average molecular weight is 410 g/mol. The number of para-hydroxylation sites is 2. The Labute approximate surface area is 174 Å². The van der Waals surface area contributed by atoms with Crippen molar-refractivity contribution in [3.8, 4) is 11.5 Å². The number of hydrogen-bond donors (Lipinski definition) is 4. The van der Waals surface area contributed by atoms with Gasteiger partial charge in [0.05, 0.1) is 5.92 Å². The third kappa shape index (κ3) is 3.34. The molecular formula is C23H26N2O5. The van der Waals surface area contributed by atoms with Crippen LogP contribution in [0.25, 0.3) is 0 Å². The number of fused-ring (bicyclic) bond motifs is 2. The second kappa shape index (κ2) is 7.41. The molecule has 1 aliphatic carbocycles. The fourth-order valence-corrected chi connectivity index (χ4v) is 4.78. The molecule has 7 heteroatoms. The Hall–Kier alpha value is -2.90. The molecule has 2 unspecified atom stereocenters. The molecule has 4 atom stereocenters. The van der Waals surface area contributed by atoms with E-state index in [0.29, 0.717) is 11.5 Å². The van der Waals surface area contributed by atoms with Crippen LogP contribution in [0.5, 0.6) is 11.5 Å². The Balaban J connectivity index is 1.74. The normalized spacial score (nSPS) is 24.3. The van der Waals surface area contributed by atoms with Crippen molar-refractivity contribution in [2.24, 2.45) is 17.6 Å². The van der Waals surface area contributed by atoms with E-state index in [1.807, 2.05) is 62.4 Å². The predicted molar refractivity (Wildman–Crippen MR) is 111 cm³/mol. The van der Waals surface area contributed by atoms with Crippen LogP contribution in [0.2, 0.25) is 0 Å². The minimum atomic E-state index is -1.71. The lowest BCUT2D eigenvalue weighted by atomic mass is 9.76. The van der Waals surface area contributed by atoms with Gasteiger partial charge in [0, 0.05) is 35.0 Å². The van der Waals surface area contributed by atoms with Crippen molar-refractivity contribution >= 4 is 11.9 Å². The Morgan fingerprint density at radius 2 is 1.60 bits per heavy atom. The molecule has 1 aliphatic heterocycles. The molecule has 2 aromatic rings. The number of hydrogen-bond acceptors (Lipinski definition) is 5. The van der Waals surface area contributed by atoms with E-state index in [1.54, 1.807) is 0 Å². The van der Waals surface area contributed by atoms with Crippen LogP contribution in [0.15, 0.2) is 48.5 Å². The highest BCUT2D eigenvalue weighted by atomic mass is 16.5. The van der Waals surface area contributed by atoms with E-state index in [0.717, 1.165) is 11.1 Å². The topological polar surface area (TPSA) is 122 Å². The van der Waals surface area contributed by atoms with E-state index in [2.05, 4.69) is 5.32 Å². The lowest BCUT2D eigenvalue weighted by Gasteiger charge is -2.34. The van der Waals surface area contributed by atoms with Gasteiger partial charge in [-0.2, -0.15) is 0 Å². The van der Waals surface area contributed by atoms with Crippen LogP contribution >= 0.6 is 0 Å². The van der Waals surface area contributed by atoms with Crippen LogP contribution in [0.4, 0.5) is 0 Å². The van der Waals surface area contributed by atoms with Gasteiger partial charge in [0.25, 0.3) is 0 Å². The summed E-state index contributed by atoms with van der Waals surface area (Å²) in [6.07, 6.45) is 0.0739. The largest absolute Gasteiger partial charge is 0.481 e. The van der Waals surface area contributed by atoms with Crippen LogP contribution in [0.1, 0.15) is 37.3 Å². The summed E-state index contributed by atoms with van der Waals surface area (Å²) in [6, 6.07) is 14.5. The van der Waals surface area contributed by atoms with Gasteiger partial charge in [-0.1, -0.05) is 50.2 Å². The van der Waals surface area contributed by atoms with Gasteiger partial charge in [-0.3, -0.25) is 9.59 Å². The summed E-state index contributed by atoms with van der Waals surface area (Å²) in [5.74, 6) is -2.75. The number of benzene rings is 2. The predicted octanol–water partition coefficient (Wildman–Crippen LogP) is 2.79. The SMILES string of the molecule is CC(C)N[C@H]1C(C(N)(CC2c3ccccc3Oc3ccccc32)C(=O)O)[C@H]1C(=O)O. The van der Waals surface area contributed by atoms with Gasteiger partial charge >= 0.3 is 11.9 Å². The Morgan fingerprint density at radius 1 is 1.07 bits per heavy atom. The van der Waals surface area contributed by atoms with Crippen molar-refractivity contribution < 1.29 is 24.5 Å². The van der Waals surface area contributed by atoms with Gasteiger partial charge < -0.3 is 26.0 Å². The highest BCUT2D eigenvalue weighted by Gasteiger charge is 2.66. The molecule has 0 saturated heterocycles. The van der Waals surface area contributed by atoms with E-state index in [4.69, 9.17) is 10.5 Å². The Bertz CT molecular complexity index is 946. The lowest BCUT2D eigenvalue weighted by Crippen LogP contribution is -2.53. The summed E-state index contributed by atoms with van der Waals surface area (Å²) < 4.78 is 6.00. The fourth-order valence-electron chi connectivity index (χ4n) is 4.78. The van der Waals surface area contributed by atoms with Gasteiger partial charge in [0.1, 0.15) is 17.0 Å². The number of rotatable bonds is 7. The zero-order valence-electron chi connectivity index (χ0n) is 16.9. The Kier molecular flexibility index (Phi) is 5.03. The van der Waals surface area contributed by atoms with Gasteiger partial charge in [0.2, 0.25) is 0 Å². The lowest BCUT2D eigenvalue weighted by molar-refractivity contribution is -0.145. The van der Waals surface area contributed by atoms with Crippen LogP contribution in [0.3, 0.4) is 0 Å². The molecule has 1 heterocycles. The maximum absolute atomic E-state index is 12.4. The van der Waals surface area contributed by atoms with E-state index in [9.17, 15) is 19.8 Å². The third-order valence-corrected chi connectivity index (χ3v) is 6.17. The number of carboxylic acid groups (broad SMARTS) is 2. The summed E-state index contributed by atoms with van der Waals surface area (Å²) in [6.45, 7) is 3.80. The molecule has 0 bridgehead atoms. The van der Waals surface area contributed by atoms with Crippen LogP contribution in [-0.4, -0.2) is 39.8 Å². The molecule has 0 aromatic heterocycles. The van der Waals surface area contributed by atoms with Crippen LogP contribution in [-0.2, 0) is 9.59 Å². The van der Waals surface area contributed by atoms with Crippen LogP contribution < -0.4 is 15.8 Å². The minimum Gasteiger partial charge on any atom is -0.481 e. The van der Waals surface area contributed by atoms with Gasteiger partial charge in [-0.05, 0) is 18.6 Å². The van der Waals surface area contributed by atoms with Crippen molar-refractivity contribution in [1.82, 2.24) is 5.32 Å². The molecule has 4 rings (SSSR count). The van der Waals surface area contributed by atoms with E-state index in [-0.39, 0.29) is 18.4 Å². The molecule has 30 heavy (non-hydrogen) atoms. The summed E-state index contributed by atoms with van der Waals surface area (Å²) in [5.41, 5.74) is 6.54. The molecule has 1 fully saturated rings. The summed E-state index contributed by atoms with van der Waals surface area (Å²) in [4.78, 5) is 24.2. The minimum absolute atomic E-state index is 0.0180. The first-order valence-electron chi connectivity index (χ1n) is 10.1. The smallest absolute Gasteiger partial charge is 0.324 e. The molecule has 0 spiro atoms. The summed E-state index contributed by atoms with van der Waals surface area (Å²) in [5, 5.41) is 23.0. The quantitative estimate of drug-likeness (QED) is 0.554. The van der Waals surface area contributed by atoms with E-state index >= 15 is 0 Å². The molecule has 2 aromatic carbocycles. The summed E-state index contributed by atoms with van der Waals surface area (Å²) in [7, 11) is 0. The maximum atomic E-state index is 12.4. The fraction of sp³-hybridized carbons (Fsp3) is 0.391. The second-order valence-corrected chi connectivity index (χ2v) is 8.52. The number of ether oxygens (including phenoxy) is 1. The van der Waals surface area contributed by atoms with Crippen molar-refractivity contribution in [1.29, 1.82) is 0 Å². The molecule has 2 aliphatic rings. The molecule has 0 amide bonds. The first-order chi connectivity index (χ1) is 14.2. The number of carboxylic acids is 2. The number of nitrogens with one attached hydrogen (secondary N) is 1. The standard InChI is InChI=1S/C23H26N2O5/c1-12(2)25-20-18(21(26)27)19(20)23(24,22(28)29)11-15-13-7-3-5-9-16(13)30-17-10-6-4-8-14(15)17/h3-10,12,15,18-20,25H,11,24H2,1-2H3,(H,26,27)(H,28,29)/t18-,19?,20-,23?/m1/s1.